The molecule has 0 aliphatic carbocycles. The maximum Gasteiger partial charge on any atom is 0.254 e. The fourth-order valence-electron chi connectivity index (χ4n) is 3.90. The minimum Gasteiger partial charge on any atom is -0.476 e. The standard InChI is InChI=1S/C23H28N4O4/c1-17-2-3-19-20(14-17)23(19)25-31-22-16-18(27-7-11-29-12-8-27)15-21(24-22)30-13-6-26-4-9-28-10-5-26/h2-3,14-16H,4-13H2,1H3/b25-23+. The molecule has 0 amide bonds. The lowest BCUT2D eigenvalue weighted by Gasteiger charge is -2.29. The second kappa shape index (κ2) is 9.21. The van der Waals surface area contributed by atoms with E-state index in [0.29, 0.717) is 31.6 Å². The van der Waals surface area contributed by atoms with E-state index in [1.54, 1.807) is 0 Å². The van der Waals surface area contributed by atoms with Gasteiger partial charge in [0.05, 0.1) is 26.4 Å². The zero-order valence-corrected chi connectivity index (χ0v) is 17.9. The van der Waals surface area contributed by atoms with Gasteiger partial charge in [0.2, 0.25) is 5.88 Å². The summed E-state index contributed by atoms with van der Waals surface area (Å²) in [7, 11) is 0. The van der Waals surface area contributed by atoms with E-state index in [1.165, 1.54) is 5.56 Å². The number of aryl methyl sites for hydroxylation is 1. The number of morpholine rings is 2. The molecule has 8 nitrogen and oxygen atoms in total. The average Bonchev–Trinajstić information content (AvgIpc) is 3.50. The minimum absolute atomic E-state index is 0.437. The quantitative estimate of drug-likeness (QED) is 0.536. The normalized spacial score (nSPS) is 18.7. The Bertz CT molecular complexity index is 1050. The summed E-state index contributed by atoms with van der Waals surface area (Å²) in [4.78, 5) is 14.9. The van der Waals surface area contributed by atoms with Crippen LogP contribution in [0.4, 0.5) is 5.69 Å². The number of ether oxygens (including phenoxy) is 3. The van der Waals surface area contributed by atoms with Gasteiger partial charge in [0, 0.05) is 61.3 Å². The van der Waals surface area contributed by atoms with E-state index in [1.807, 2.05) is 12.1 Å². The topological polar surface area (TPSA) is 68.7 Å². The molecule has 0 atom stereocenters. The average molecular weight is 425 g/mol. The van der Waals surface area contributed by atoms with Gasteiger partial charge in [-0.2, -0.15) is 4.98 Å². The molecular formula is C23H28N4O4. The lowest BCUT2D eigenvalue weighted by Crippen LogP contribution is -2.38. The van der Waals surface area contributed by atoms with E-state index in [4.69, 9.17) is 19.0 Å². The largest absolute Gasteiger partial charge is 0.476 e. The van der Waals surface area contributed by atoms with Crippen molar-refractivity contribution < 1.29 is 19.0 Å². The zero-order valence-electron chi connectivity index (χ0n) is 17.9. The SMILES string of the molecule is Cc1ccc2/c(=N\Oc3cc(N4CCOCC4)cc(OCCN4CCOCC4)n3)c2c1. The molecule has 2 fully saturated rings. The van der Waals surface area contributed by atoms with Gasteiger partial charge in [0.15, 0.2) is 0 Å². The highest BCUT2D eigenvalue weighted by molar-refractivity contribution is 5.97. The van der Waals surface area contributed by atoms with Crippen molar-refractivity contribution in [2.24, 2.45) is 5.16 Å². The first-order valence-electron chi connectivity index (χ1n) is 10.9. The molecule has 5 rings (SSSR count). The Balaban J connectivity index is 1.31. The van der Waals surface area contributed by atoms with Gasteiger partial charge in [-0.05, 0) is 13.0 Å². The lowest BCUT2D eigenvalue weighted by atomic mass is 10.2. The van der Waals surface area contributed by atoms with Crippen LogP contribution in [0, 0.1) is 6.92 Å². The summed E-state index contributed by atoms with van der Waals surface area (Å²) in [6.45, 7) is 10.0. The number of nitrogens with zero attached hydrogens (tertiary/aromatic N) is 4. The van der Waals surface area contributed by atoms with Crippen molar-refractivity contribution in [3.8, 4) is 11.8 Å². The monoisotopic (exact) mass is 424 g/mol. The fraction of sp³-hybridized carbons (Fsp3) is 0.478. The van der Waals surface area contributed by atoms with Gasteiger partial charge in [0.1, 0.15) is 12.0 Å². The van der Waals surface area contributed by atoms with Gasteiger partial charge >= 0.3 is 0 Å². The highest BCUT2D eigenvalue weighted by atomic mass is 16.6. The van der Waals surface area contributed by atoms with Crippen LogP contribution in [0.25, 0.3) is 10.8 Å². The fourth-order valence-corrected chi connectivity index (χ4v) is 3.90. The van der Waals surface area contributed by atoms with Crippen molar-refractivity contribution >= 4 is 16.5 Å². The summed E-state index contributed by atoms with van der Waals surface area (Å²) < 4.78 is 16.9. The van der Waals surface area contributed by atoms with Crippen LogP contribution in [-0.2, 0) is 9.47 Å². The van der Waals surface area contributed by atoms with E-state index in [0.717, 1.165) is 67.8 Å². The van der Waals surface area contributed by atoms with Crippen molar-refractivity contribution in [2.45, 2.75) is 6.92 Å². The lowest BCUT2D eigenvalue weighted by molar-refractivity contribution is 0.0319. The van der Waals surface area contributed by atoms with Crippen molar-refractivity contribution in [1.82, 2.24) is 9.88 Å². The Morgan fingerprint density at radius 2 is 1.68 bits per heavy atom. The summed E-state index contributed by atoms with van der Waals surface area (Å²) >= 11 is 0. The number of rotatable bonds is 7. The first kappa shape index (κ1) is 20.2. The highest BCUT2D eigenvalue weighted by Gasteiger charge is 2.16. The Hall–Kier alpha value is -2.68. The van der Waals surface area contributed by atoms with Crippen LogP contribution in [0.15, 0.2) is 35.5 Å². The van der Waals surface area contributed by atoms with Gasteiger partial charge in [-0.25, -0.2) is 0 Å². The van der Waals surface area contributed by atoms with E-state index >= 15 is 0 Å². The predicted molar refractivity (Wildman–Crippen MR) is 117 cm³/mol. The number of hydrogen-bond acceptors (Lipinski definition) is 8. The summed E-state index contributed by atoms with van der Waals surface area (Å²) in [6.07, 6.45) is 0. The molecule has 2 aromatic carbocycles. The Morgan fingerprint density at radius 3 is 2.45 bits per heavy atom. The molecule has 2 aliphatic rings. The van der Waals surface area contributed by atoms with Crippen molar-refractivity contribution in [3.63, 3.8) is 0 Å². The smallest absolute Gasteiger partial charge is 0.254 e. The van der Waals surface area contributed by atoms with Gasteiger partial charge in [0.25, 0.3) is 5.88 Å². The maximum atomic E-state index is 6.00. The second-order valence-electron chi connectivity index (χ2n) is 7.98. The highest BCUT2D eigenvalue weighted by Crippen LogP contribution is 2.26. The molecule has 0 saturated carbocycles. The summed E-state index contributed by atoms with van der Waals surface area (Å²) in [6, 6.07) is 10.2. The van der Waals surface area contributed by atoms with Crippen LogP contribution in [0.1, 0.15) is 5.56 Å². The Labute approximate surface area is 181 Å². The van der Waals surface area contributed by atoms with Gasteiger partial charge in [-0.1, -0.05) is 22.9 Å². The van der Waals surface area contributed by atoms with Crippen molar-refractivity contribution in [1.29, 1.82) is 0 Å². The number of aromatic nitrogens is 1. The third kappa shape index (κ3) is 4.98. The van der Waals surface area contributed by atoms with Crippen LogP contribution in [0.2, 0.25) is 0 Å². The summed E-state index contributed by atoms with van der Waals surface area (Å²) in [5.74, 6) is 0.990. The zero-order chi connectivity index (χ0) is 21.0. The molecule has 0 unspecified atom stereocenters. The van der Waals surface area contributed by atoms with Gasteiger partial charge in [-0.3, -0.25) is 4.90 Å². The molecule has 1 aromatic heterocycles. The van der Waals surface area contributed by atoms with Crippen molar-refractivity contribution in [2.75, 3.05) is 70.7 Å². The number of benzene rings is 1. The van der Waals surface area contributed by atoms with Crippen LogP contribution in [0.3, 0.4) is 0 Å². The van der Waals surface area contributed by atoms with Gasteiger partial charge in [-0.15, -0.1) is 0 Å². The second-order valence-corrected chi connectivity index (χ2v) is 7.98. The molecule has 0 bridgehead atoms. The first-order valence-corrected chi connectivity index (χ1v) is 10.9. The molecule has 3 aromatic rings. The molecule has 0 radical (unpaired) electrons. The van der Waals surface area contributed by atoms with E-state index in [2.05, 4.69) is 45.1 Å². The summed E-state index contributed by atoms with van der Waals surface area (Å²) in [5.41, 5.74) is 2.23. The number of hydrogen-bond donors (Lipinski definition) is 0. The predicted octanol–water partition coefficient (Wildman–Crippen LogP) is 1.86. The molecule has 0 N–H and O–H groups in total. The van der Waals surface area contributed by atoms with Crippen LogP contribution in [0.5, 0.6) is 11.8 Å². The van der Waals surface area contributed by atoms with Crippen LogP contribution >= 0.6 is 0 Å². The molecule has 0 spiro atoms. The molecule has 164 valence electrons. The third-order valence-corrected chi connectivity index (χ3v) is 5.75. The number of fused-ring (bicyclic) bond motifs is 1. The molecular weight excluding hydrogens is 396 g/mol. The molecule has 2 saturated heterocycles. The first-order chi connectivity index (χ1) is 15.3. The minimum atomic E-state index is 0.437. The van der Waals surface area contributed by atoms with E-state index in [9.17, 15) is 0 Å². The Morgan fingerprint density at radius 1 is 0.935 bits per heavy atom. The molecule has 8 heteroatoms. The van der Waals surface area contributed by atoms with Gasteiger partial charge < -0.3 is 23.9 Å². The number of anilines is 1. The summed E-state index contributed by atoms with van der Waals surface area (Å²) in [5, 5.41) is 7.50. The van der Waals surface area contributed by atoms with Crippen LogP contribution in [-0.4, -0.2) is 75.6 Å². The molecule has 3 heterocycles. The van der Waals surface area contributed by atoms with E-state index in [-0.39, 0.29) is 0 Å². The van der Waals surface area contributed by atoms with E-state index < -0.39 is 0 Å². The van der Waals surface area contributed by atoms with Crippen LogP contribution < -0.4 is 19.8 Å². The number of pyridine rings is 1. The third-order valence-electron chi connectivity index (χ3n) is 5.75. The Kier molecular flexibility index (Phi) is 6.01. The molecule has 31 heavy (non-hydrogen) atoms. The molecule has 2 aliphatic heterocycles. The maximum absolute atomic E-state index is 6.00. The van der Waals surface area contributed by atoms with Crippen molar-refractivity contribution in [3.05, 3.63) is 41.3 Å².